The number of aryl methyl sites for hydroxylation is 1. The number of nitrogens with zero attached hydrogens (tertiary/aromatic N) is 1. The van der Waals surface area contributed by atoms with E-state index in [9.17, 15) is 14.7 Å². The first kappa shape index (κ1) is 24.8. The summed E-state index contributed by atoms with van der Waals surface area (Å²) in [5.74, 6) is -1.00. The summed E-state index contributed by atoms with van der Waals surface area (Å²) in [6.07, 6.45) is 1.97. The highest BCUT2D eigenvalue weighted by molar-refractivity contribution is 9.10. The van der Waals surface area contributed by atoms with Crippen LogP contribution in [-0.4, -0.2) is 23.5 Å². The Labute approximate surface area is 224 Å². The van der Waals surface area contributed by atoms with Crippen LogP contribution in [0.15, 0.2) is 95.5 Å². The fraction of sp³-hybridized carbons (Fsp3) is 0.161. The predicted molar refractivity (Wildman–Crippen MR) is 150 cm³/mol. The summed E-state index contributed by atoms with van der Waals surface area (Å²) in [5.41, 5.74) is 7.12. The molecule has 1 amide bonds. The Kier molecular flexibility index (Phi) is 7.37. The summed E-state index contributed by atoms with van der Waals surface area (Å²) in [5, 5.41) is 12.5. The van der Waals surface area contributed by atoms with Gasteiger partial charge in [0.25, 0.3) is 5.91 Å². The molecule has 0 spiro atoms. The second-order valence-electron chi connectivity index (χ2n) is 9.19. The van der Waals surface area contributed by atoms with Crippen LogP contribution in [0.5, 0.6) is 0 Å². The van der Waals surface area contributed by atoms with Crippen LogP contribution in [-0.2, 0) is 19.5 Å². The van der Waals surface area contributed by atoms with Crippen LogP contribution in [0.3, 0.4) is 0 Å². The second-order valence-corrected chi connectivity index (χ2v) is 10.0. The van der Waals surface area contributed by atoms with E-state index < -0.39 is 5.97 Å². The lowest BCUT2D eigenvalue weighted by atomic mass is 9.97. The average Bonchev–Trinajstić information content (AvgIpc) is 2.93. The lowest BCUT2D eigenvalue weighted by Gasteiger charge is -2.32. The highest BCUT2D eigenvalue weighted by atomic mass is 79.9. The molecular weight excluding hydrogens is 528 g/mol. The molecule has 0 unspecified atom stereocenters. The number of aromatic carboxylic acids is 1. The number of hydrogen-bond acceptors (Lipinski definition) is 3. The third kappa shape index (κ3) is 5.59. The number of hydrogen-bond donors (Lipinski definition) is 2. The molecule has 37 heavy (non-hydrogen) atoms. The van der Waals surface area contributed by atoms with E-state index in [4.69, 9.17) is 0 Å². The zero-order valence-corrected chi connectivity index (χ0v) is 21.9. The van der Waals surface area contributed by atoms with Crippen LogP contribution in [0.25, 0.3) is 11.1 Å². The summed E-state index contributed by atoms with van der Waals surface area (Å²) < 4.78 is 0.982. The van der Waals surface area contributed by atoms with Crippen LogP contribution in [0.4, 0.5) is 5.69 Å². The molecule has 1 aliphatic heterocycles. The van der Waals surface area contributed by atoms with Crippen LogP contribution >= 0.6 is 15.9 Å². The van der Waals surface area contributed by atoms with Crippen molar-refractivity contribution >= 4 is 33.5 Å². The highest BCUT2D eigenvalue weighted by Crippen LogP contribution is 2.30. The molecule has 5 rings (SSSR count). The van der Waals surface area contributed by atoms with Crippen LogP contribution in [0, 0.1) is 0 Å². The molecule has 0 aliphatic carbocycles. The lowest BCUT2D eigenvalue weighted by molar-refractivity contribution is 0.0697. The van der Waals surface area contributed by atoms with Gasteiger partial charge in [-0.15, -0.1) is 0 Å². The maximum Gasteiger partial charge on any atom is 0.336 e. The Balaban J connectivity index is 1.28. The van der Waals surface area contributed by atoms with Crippen molar-refractivity contribution < 1.29 is 14.7 Å². The van der Waals surface area contributed by atoms with Gasteiger partial charge in [-0.25, -0.2) is 4.79 Å². The van der Waals surface area contributed by atoms with Crippen molar-refractivity contribution in [2.45, 2.75) is 25.9 Å². The van der Waals surface area contributed by atoms with Crippen molar-refractivity contribution in [3.8, 4) is 11.1 Å². The lowest BCUT2D eigenvalue weighted by Crippen LogP contribution is -2.29. The van der Waals surface area contributed by atoms with Crippen molar-refractivity contribution in [3.05, 3.63) is 123 Å². The van der Waals surface area contributed by atoms with Gasteiger partial charge < -0.3 is 15.3 Å². The maximum atomic E-state index is 12.8. The molecule has 0 saturated carbocycles. The zero-order valence-electron chi connectivity index (χ0n) is 20.3. The summed E-state index contributed by atoms with van der Waals surface area (Å²) in [4.78, 5) is 26.8. The number of amides is 1. The van der Waals surface area contributed by atoms with Crippen LogP contribution in [0.1, 0.15) is 43.8 Å². The second kappa shape index (κ2) is 11.0. The average molecular weight is 555 g/mol. The number of benzene rings is 4. The fourth-order valence-corrected chi connectivity index (χ4v) is 5.26. The Morgan fingerprint density at radius 1 is 0.919 bits per heavy atom. The van der Waals surface area contributed by atoms with Crippen LogP contribution < -0.4 is 10.2 Å². The van der Waals surface area contributed by atoms with Crippen molar-refractivity contribution in [1.82, 2.24) is 5.32 Å². The van der Waals surface area contributed by atoms with Gasteiger partial charge in [0, 0.05) is 35.4 Å². The van der Waals surface area contributed by atoms with Gasteiger partial charge in [-0.1, -0.05) is 76.6 Å². The van der Waals surface area contributed by atoms with Gasteiger partial charge in [0.15, 0.2) is 0 Å². The Bertz CT molecular complexity index is 1450. The number of carboxylic acid groups (broad SMARTS) is 1. The van der Waals surface area contributed by atoms with E-state index in [-0.39, 0.29) is 5.91 Å². The first-order valence-electron chi connectivity index (χ1n) is 12.3. The van der Waals surface area contributed by atoms with Crippen molar-refractivity contribution in [2.75, 3.05) is 11.4 Å². The van der Waals surface area contributed by atoms with Gasteiger partial charge in [0.1, 0.15) is 0 Å². The Hall–Kier alpha value is -3.90. The number of carboxylic acids is 1. The molecule has 6 heteroatoms. The number of anilines is 1. The minimum Gasteiger partial charge on any atom is -0.478 e. The number of fused-ring (bicyclic) bond motifs is 1. The van der Waals surface area contributed by atoms with Gasteiger partial charge in [0.05, 0.1) is 5.56 Å². The molecule has 0 fully saturated rings. The van der Waals surface area contributed by atoms with E-state index in [2.05, 4.69) is 44.3 Å². The van der Waals surface area contributed by atoms with Crippen molar-refractivity contribution in [2.24, 2.45) is 0 Å². The van der Waals surface area contributed by atoms with Gasteiger partial charge in [-0.05, 0) is 71.0 Å². The van der Waals surface area contributed by atoms with Crippen LogP contribution in [0.2, 0.25) is 0 Å². The molecule has 4 aromatic carbocycles. The molecule has 0 atom stereocenters. The van der Waals surface area contributed by atoms with Crippen molar-refractivity contribution in [3.63, 3.8) is 0 Å². The van der Waals surface area contributed by atoms with E-state index in [0.29, 0.717) is 17.7 Å². The largest absolute Gasteiger partial charge is 0.478 e. The van der Waals surface area contributed by atoms with E-state index in [1.165, 1.54) is 5.56 Å². The van der Waals surface area contributed by atoms with E-state index in [1.807, 2.05) is 60.7 Å². The first-order chi connectivity index (χ1) is 18.0. The Morgan fingerprint density at radius 3 is 2.46 bits per heavy atom. The SMILES string of the molecule is O=C(NCc1ccccc1Br)c1ccc2c(c1)CCCN2Cc1ccc(-c2ccccc2C(=O)O)cc1. The van der Waals surface area contributed by atoms with Gasteiger partial charge in [-0.3, -0.25) is 4.79 Å². The summed E-state index contributed by atoms with van der Waals surface area (Å²) >= 11 is 3.53. The Morgan fingerprint density at radius 2 is 1.68 bits per heavy atom. The molecule has 4 aromatic rings. The molecule has 1 heterocycles. The summed E-state index contributed by atoms with van der Waals surface area (Å²) in [7, 11) is 0. The normalized spacial score (nSPS) is 12.6. The molecular formula is C31H27BrN2O3. The third-order valence-corrected chi connectivity index (χ3v) is 7.52. The number of nitrogens with one attached hydrogen (secondary N) is 1. The minimum atomic E-state index is -0.925. The molecule has 2 N–H and O–H groups in total. The van der Waals surface area contributed by atoms with Gasteiger partial charge in [0.2, 0.25) is 0 Å². The summed E-state index contributed by atoms with van der Waals surface area (Å²) in [6, 6.07) is 29.0. The fourth-order valence-electron chi connectivity index (χ4n) is 4.83. The number of carbonyl (C=O) groups excluding carboxylic acids is 1. The topological polar surface area (TPSA) is 69.6 Å². The monoisotopic (exact) mass is 554 g/mol. The molecule has 0 radical (unpaired) electrons. The minimum absolute atomic E-state index is 0.0760. The zero-order chi connectivity index (χ0) is 25.8. The molecule has 0 saturated heterocycles. The molecule has 186 valence electrons. The summed E-state index contributed by atoms with van der Waals surface area (Å²) in [6.45, 7) is 2.17. The van der Waals surface area contributed by atoms with E-state index in [0.717, 1.165) is 58.3 Å². The van der Waals surface area contributed by atoms with Gasteiger partial charge in [-0.2, -0.15) is 0 Å². The smallest absolute Gasteiger partial charge is 0.336 e. The molecule has 5 nitrogen and oxygen atoms in total. The number of rotatable bonds is 7. The molecule has 0 aromatic heterocycles. The third-order valence-electron chi connectivity index (χ3n) is 6.75. The predicted octanol–water partition coefficient (Wildman–Crippen LogP) is 6.70. The van der Waals surface area contributed by atoms with E-state index >= 15 is 0 Å². The number of carbonyl (C=O) groups is 2. The van der Waals surface area contributed by atoms with Crippen molar-refractivity contribution in [1.29, 1.82) is 0 Å². The standard InChI is InChI=1S/C31H27BrN2O3/c32-28-10-4-1-6-25(28)19-33-30(35)24-15-16-29-23(18-24)7-5-17-34(29)20-21-11-13-22(14-12-21)26-8-2-3-9-27(26)31(36)37/h1-4,6,8-16,18H,5,7,17,19-20H2,(H,33,35)(H,36,37). The molecule has 1 aliphatic rings. The van der Waals surface area contributed by atoms with E-state index in [1.54, 1.807) is 12.1 Å². The van der Waals surface area contributed by atoms with Gasteiger partial charge >= 0.3 is 5.97 Å². The maximum absolute atomic E-state index is 12.8. The quantitative estimate of drug-likeness (QED) is 0.267. The highest BCUT2D eigenvalue weighted by Gasteiger charge is 2.19. The first-order valence-corrected chi connectivity index (χ1v) is 13.1. The number of halogens is 1. The molecule has 0 bridgehead atoms.